The molecule has 1 amide bonds. The minimum Gasteiger partial charge on any atom is -0.479 e. The fraction of sp³-hybridized carbons (Fsp3) is 0.800. The Morgan fingerprint density at radius 3 is 2.69 bits per heavy atom. The molecule has 1 N–H and O–H groups in total. The molecule has 1 saturated heterocycles. The average Bonchev–Trinajstić information content (AvgIpc) is 2.62. The maximum Gasteiger partial charge on any atom is 0.343 e. The summed E-state index contributed by atoms with van der Waals surface area (Å²) in [5.74, 6) is -1.64. The molecule has 0 aromatic heterocycles. The molecule has 0 aromatic rings. The highest BCUT2D eigenvalue weighted by Gasteiger charge is 2.46. The van der Waals surface area contributed by atoms with Crippen molar-refractivity contribution in [2.24, 2.45) is 0 Å². The summed E-state index contributed by atoms with van der Waals surface area (Å²) in [6.45, 7) is 1.80. The smallest absolute Gasteiger partial charge is 0.343 e. The van der Waals surface area contributed by atoms with Crippen molar-refractivity contribution in [2.75, 3.05) is 19.3 Å². The summed E-state index contributed by atoms with van der Waals surface area (Å²) in [5, 5.41) is 8.86. The second-order valence-electron chi connectivity index (χ2n) is 4.09. The van der Waals surface area contributed by atoms with Crippen LogP contribution in [-0.4, -0.2) is 52.1 Å². The number of likely N-dealkylation sites (tertiary alicyclic amines) is 1. The van der Waals surface area contributed by atoms with E-state index in [-0.39, 0.29) is 30.7 Å². The molecule has 1 fully saturated rings. The maximum absolute atomic E-state index is 13.7. The van der Waals surface area contributed by atoms with Gasteiger partial charge in [-0.2, -0.15) is 11.8 Å². The number of halogens is 1. The van der Waals surface area contributed by atoms with E-state index in [1.54, 1.807) is 11.8 Å². The van der Waals surface area contributed by atoms with Crippen LogP contribution in [0.5, 0.6) is 0 Å². The van der Waals surface area contributed by atoms with Gasteiger partial charge in [0.1, 0.15) is 0 Å². The Bertz CT molecular complexity index is 300. The molecule has 1 rings (SSSR count). The topological polar surface area (TPSA) is 57.6 Å². The number of carboxylic acid groups (broad SMARTS) is 1. The van der Waals surface area contributed by atoms with E-state index in [1.807, 2.05) is 13.2 Å². The van der Waals surface area contributed by atoms with Crippen LogP contribution in [0.15, 0.2) is 0 Å². The average molecular weight is 249 g/mol. The molecule has 0 bridgehead atoms. The van der Waals surface area contributed by atoms with Crippen LogP contribution >= 0.6 is 11.8 Å². The quantitative estimate of drug-likeness (QED) is 0.812. The zero-order chi connectivity index (χ0) is 12.3. The molecule has 0 saturated carbocycles. The minimum absolute atomic E-state index is 0.109. The van der Waals surface area contributed by atoms with Gasteiger partial charge in [0.15, 0.2) is 0 Å². The monoisotopic (exact) mass is 249 g/mol. The fourth-order valence-electron chi connectivity index (χ4n) is 1.62. The predicted octanol–water partition coefficient (Wildman–Crippen LogP) is 1.15. The van der Waals surface area contributed by atoms with Gasteiger partial charge >= 0.3 is 5.97 Å². The highest BCUT2D eigenvalue weighted by molar-refractivity contribution is 7.99. The van der Waals surface area contributed by atoms with Gasteiger partial charge in [-0.1, -0.05) is 6.92 Å². The Balaban J connectivity index is 2.53. The van der Waals surface area contributed by atoms with E-state index in [0.29, 0.717) is 6.42 Å². The van der Waals surface area contributed by atoms with Crippen molar-refractivity contribution in [1.29, 1.82) is 0 Å². The first-order valence-electron chi connectivity index (χ1n) is 5.12. The Hall–Kier alpha value is -0.780. The van der Waals surface area contributed by atoms with Gasteiger partial charge in [-0.05, 0) is 6.26 Å². The van der Waals surface area contributed by atoms with Gasteiger partial charge in [-0.25, -0.2) is 9.18 Å². The van der Waals surface area contributed by atoms with Gasteiger partial charge in [0.05, 0.1) is 6.54 Å². The number of hydrogen-bond acceptors (Lipinski definition) is 3. The van der Waals surface area contributed by atoms with Crippen molar-refractivity contribution in [2.45, 2.75) is 30.7 Å². The normalized spacial score (nSPS) is 26.8. The number of aliphatic carboxylic acids is 1. The number of hydrogen-bond donors (Lipinski definition) is 1. The molecular formula is C10H16FNO3S. The van der Waals surface area contributed by atoms with E-state index in [4.69, 9.17) is 5.11 Å². The summed E-state index contributed by atoms with van der Waals surface area (Å²) in [7, 11) is 0. The van der Waals surface area contributed by atoms with Crippen molar-refractivity contribution in [1.82, 2.24) is 4.90 Å². The molecule has 0 spiro atoms. The molecule has 0 radical (unpaired) electrons. The van der Waals surface area contributed by atoms with Crippen LogP contribution in [0.3, 0.4) is 0 Å². The summed E-state index contributed by atoms with van der Waals surface area (Å²) in [6, 6.07) is 0. The lowest BCUT2D eigenvalue weighted by atomic mass is 10.1. The highest BCUT2D eigenvalue weighted by Crippen LogP contribution is 2.27. The van der Waals surface area contributed by atoms with E-state index in [1.165, 1.54) is 4.90 Å². The summed E-state index contributed by atoms with van der Waals surface area (Å²) in [6.07, 6.45) is 2.12. The number of carboxylic acids is 1. The molecule has 0 aromatic carbocycles. The molecule has 6 heteroatoms. The van der Waals surface area contributed by atoms with Gasteiger partial charge in [-0.15, -0.1) is 0 Å². The summed E-state index contributed by atoms with van der Waals surface area (Å²) in [5.41, 5.74) is -2.25. The molecule has 0 aliphatic carbocycles. The number of carbonyl (C=O) groups is 2. The molecule has 2 atom stereocenters. The number of thioether (sulfide) groups is 1. The number of nitrogens with zero attached hydrogens (tertiary/aromatic N) is 1. The maximum atomic E-state index is 13.7. The fourth-order valence-corrected chi connectivity index (χ4v) is 1.93. The van der Waals surface area contributed by atoms with Crippen molar-refractivity contribution in [3.63, 3.8) is 0 Å². The first kappa shape index (κ1) is 13.3. The van der Waals surface area contributed by atoms with E-state index in [2.05, 4.69) is 0 Å². The third kappa shape index (κ3) is 2.87. The van der Waals surface area contributed by atoms with Gasteiger partial charge in [0, 0.05) is 24.6 Å². The minimum atomic E-state index is -2.25. The second-order valence-corrected chi connectivity index (χ2v) is 5.36. The largest absolute Gasteiger partial charge is 0.479 e. The number of rotatable bonds is 4. The van der Waals surface area contributed by atoms with Crippen LogP contribution in [0, 0.1) is 0 Å². The first-order chi connectivity index (χ1) is 7.39. The lowest BCUT2D eigenvalue weighted by Crippen LogP contribution is -2.39. The number of amides is 1. The SMILES string of the molecule is CSC(C)CC(=O)N1CCC(F)(C(=O)O)C1. The second kappa shape index (κ2) is 5.03. The van der Waals surface area contributed by atoms with Gasteiger partial charge in [0.25, 0.3) is 0 Å². The van der Waals surface area contributed by atoms with Gasteiger partial charge < -0.3 is 10.0 Å². The third-order valence-electron chi connectivity index (χ3n) is 2.82. The van der Waals surface area contributed by atoms with E-state index >= 15 is 0 Å². The molecule has 4 nitrogen and oxygen atoms in total. The van der Waals surface area contributed by atoms with Gasteiger partial charge in [-0.3, -0.25) is 4.79 Å². The third-order valence-corrected chi connectivity index (χ3v) is 3.79. The molecule has 1 heterocycles. The lowest BCUT2D eigenvalue weighted by molar-refractivity contribution is -0.150. The van der Waals surface area contributed by atoms with E-state index in [9.17, 15) is 14.0 Å². The van der Waals surface area contributed by atoms with Gasteiger partial charge in [0.2, 0.25) is 11.6 Å². The lowest BCUT2D eigenvalue weighted by Gasteiger charge is -2.19. The summed E-state index contributed by atoms with van der Waals surface area (Å²) < 4.78 is 13.7. The van der Waals surface area contributed by atoms with Crippen molar-refractivity contribution >= 4 is 23.6 Å². The van der Waals surface area contributed by atoms with Crippen molar-refractivity contribution in [3.8, 4) is 0 Å². The van der Waals surface area contributed by atoms with Crippen molar-refractivity contribution in [3.05, 3.63) is 0 Å². The Labute approximate surface area is 98.2 Å². The van der Waals surface area contributed by atoms with Crippen molar-refractivity contribution < 1.29 is 19.1 Å². The predicted molar refractivity (Wildman–Crippen MR) is 60.3 cm³/mol. The van der Waals surface area contributed by atoms with Crippen LogP contribution in [0.25, 0.3) is 0 Å². The zero-order valence-corrected chi connectivity index (χ0v) is 10.2. The van der Waals surface area contributed by atoms with Crippen LogP contribution in [0.2, 0.25) is 0 Å². The van der Waals surface area contributed by atoms with Crippen LogP contribution in [-0.2, 0) is 9.59 Å². The molecule has 92 valence electrons. The van der Waals surface area contributed by atoms with Crippen LogP contribution < -0.4 is 0 Å². The Morgan fingerprint density at radius 2 is 2.25 bits per heavy atom. The number of alkyl halides is 1. The highest BCUT2D eigenvalue weighted by atomic mass is 32.2. The number of carbonyl (C=O) groups excluding carboxylic acids is 1. The molecule has 1 aliphatic rings. The summed E-state index contributed by atoms with van der Waals surface area (Å²) in [4.78, 5) is 23.6. The molecule has 2 unspecified atom stereocenters. The van der Waals surface area contributed by atoms with E-state index < -0.39 is 11.6 Å². The molecule has 1 aliphatic heterocycles. The van der Waals surface area contributed by atoms with Crippen LogP contribution in [0.4, 0.5) is 4.39 Å². The Morgan fingerprint density at radius 1 is 1.62 bits per heavy atom. The summed E-state index contributed by atoms with van der Waals surface area (Å²) >= 11 is 1.56. The molecular weight excluding hydrogens is 233 g/mol. The van der Waals surface area contributed by atoms with Crippen LogP contribution in [0.1, 0.15) is 19.8 Å². The standard InChI is InChI=1S/C10H16FNO3S/c1-7(16-2)5-8(13)12-4-3-10(11,6-12)9(14)15/h7H,3-6H2,1-2H3,(H,14,15). The van der Waals surface area contributed by atoms with E-state index in [0.717, 1.165) is 0 Å². The Kier molecular flexibility index (Phi) is 4.18. The molecule has 16 heavy (non-hydrogen) atoms. The first-order valence-corrected chi connectivity index (χ1v) is 6.41. The zero-order valence-electron chi connectivity index (χ0n) is 9.40.